The minimum atomic E-state index is -0.196. The van der Waals surface area contributed by atoms with Gasteiger partial charge in [0.05, 0.1) is 24.2 Å². The summed E-state index contributed by atoms with van der Waals surface area (Å²) >= 11 is 5.76. The number of alkyl halides is 1. The summed E-state index contributed by atoms with van der Waals surface area (Å²) in [5.74, 6) is 0.273. The molecule has 2 aromatic carbocycles. The van der Waals surface area contributed by atoms with Crippen molar-refractivity contribution in [2.45, 2.75) is 0 Å². The summed E-state index contributed by atoms with van der Waals surface area (Å²) in [6.07, 6.45) is 0. The predicted molar refractivity (Wildman–Crippen MR) is 108 cm³/mol. The molecule has 0 N–H and O–H groups in total. The zero-order valence-corrected chi connectivity index (χ0v) is 15.9. The molecule has 4 rings (SSSR count). The number of hydrogen-bond acceptors (Lipinski definition) is 4. The van der Waals surface area contributed by atoms with Gasteiger partial charge in [0.1, 0.15) is 5.88 Å². The van der Waals surface area contributed by atoms with E-state index >= 15 is 0 Å². The Labute approximate surface area is 162 Å². The summed E-state index contributed by atoms with van der Waals surface area (Å²) in [6, 6.07) is 16.2. The highest BCUT2D eigenvalue weighted by atomic mass is 35.5. The van der Waals surface area contributed by atoms with Gasteiger partial charge < -0.3 is 9.64 Å². The maximum atomic E-state index is 12.2. The number of nitrogens with zero attached hydrogens (tertiary/aromatic N) is 4. The summed E-state index contributed by atoms with van der Waals surface area (Å²) in [4.78, 5) is 20.6. The Balaban J connectivity index is 1.76. The van der Waals surface area contributed by atoms with E-state index in [1.807, 2.05) is 28.8 Å². The second kappa shape index (κ2) is 7.58. The summed E-state index contributed by atoms with van der Waals surface area (Å²) in [7, 11) is 1.70. The molecule has 0 unspecified atom stereocenters. The number of carbonyl (C=O) groups excluding carboxylic acids is 1. The standard InChI is InChI=1S/C20H21ClN4O2/c1-23(19(26)14-21)20-22-17-4-2-3-5-18(17)25(20)16-8-6-15(7-9-16)24-10-12-27-13-11-24/h2-9H,10-14H2,1H3. The first-order chi connectivity index (χ1) is 13.2. The van der Waals surface area contributed by atoms with Crippen LogP contribution in [0, 0.1) is 0 Å². The van der Waals surface area contributed by atoms with Crippen LogP contribution in [0.4, 0.5) is 11.6 Å². The van der Waals surface area contributed by atoms with Gasteiger partial charge in [-0.3, -0.25) is 14.3 Å². The van der Waals surface area contributed by atoms with Crippen molar-refractivity contribution in [1.29, 1.82) is 0 Å². The Morgan fingerprint density at radius 3 is 2.48 bits per heavy atom. The lowest BCUT2D eigenvalue weighted by atomic mass is 10.2. The molecule has 0 spiro atoms. The number of hydrogen-bond donors (Lipinski definition) is 0. The van der Waals surface area contributed by atoms with Gasteiger partial charge in [-0.25, -0.2) is 4.98 Å². The van der Waals surface area contributed by atoms with Gasteiger partial charge in [0.25, 0.3) is 0 Å². The molecule has 1 aromatic heterocycles. The lowest BCUT2D eigenvalue weighted by Gasteiger charge is -2.29. The number of rotatable bonds is 4. The first-order valence-corrected chi connectivity index (χ1v) is 9.45. The lowest BCUT2D eigenvalue weighted by molar-refractivity contribution is -0.116. The fourth-order valence-electron chi connectivity index (χ4n) is 3.33. The fourth-order valence-corrected chi connectivity index (χ4v) is 3.51. The van der Waals surface area contributed by atoms with E-state index in [4.69, 9.17) is 16.3 Å². The number of para-hydroxylation sites is 2. The van der Waals surface area contributed by atoms with Crippen molar-refractivity contribution in [1.82, 2.24) is 9.55 Å². The molecule has 27 heavy (non-hydrogen) atoms. The highest BCUT2D eigenvalue weighted by molar-refractivity contribution is 6.29. The molecule has 1 aliphatic heterocycles. The smallest absolute Gasteiger partial charge is 0.243 e. The first-order valence-electron chi connectivity index (χ1n) is 8.92. The van der Waals surface area contributed by atoms with Crippen molar-refractivity contribution >= 4 is 40.2 Å². The molecule has 0 radical (unpaired) electrons. The van der Waals surface area contributed by atoms with Crippen molar-refractivity contribution < 1.29 is 9.53 Å². The van der Waals surface area contributed by atoms with Gasteiger partial charge in [0.2, 0.25) is 11.9 Å². The van der Waals surface area contributed by atoms with Crippen molar-refractivity contribution in [2.75, 3.05) is 49.0 Å². The van der Waals surface area contributed by atoms with Crippen LogP contribution in [0.2, 0.25) is 0 Å². The number of aromatic nitrogens is 2. The van der Waals surface area contributed by atoms with E-state index in [0.29, 0.717) is 5.95 Å². The number of benzene rings is 2. The van der Waals surface area contributed by atoms with Crippen LogP contribution in [0.15, 0.2) is 48.5 Å². The number of ether oxygens (including phenoxy) is 1. The highest BCUT2D eigenvalue weighted by Crippen LogP contribution is 2.28. The minimum Gasteiger partial charge on any atom is -0.378 e. The number of halogens is 1. The molecule has 1 amide bonds. The molecule has 7 heteroatoms. The van der Waals surface area contributed by atoms with E-state index < -0.39 is 0 Å². The van der Waals surface area contributed by atoms with Crippen LogP contribution in [0.25, 0.3) is 16.7 Å². The van der Waals surface area contributed by atoms with Crippen molar-refractivity contribution in [3.05, 3.63) is 48.5 Å². The SMILES string of the molecule is CN(C(=O)CCl)c1nc2ccccc2n1-c1ccc(N2CCOCC2)cc1. The van der Waals surface area contributed by atoms with Crippen LogP contribution in [0.1, 0.15) is 0 Å². The summed E-state index contributed by atoms with van der Waals surface area (Å²) < 4.78 is 7.41. The van der Waals surface area contributed by atoms with Crippen molar-refractivity contribution in [3.8, 4) is 5.69 Å². The van der Waals surface area contributed by atoms with Crippen LogP contribution in [0.5, 0.6) is 0 Å². The minimum absolute atomic E-state index is 0.0876. The Morgan fingerprint density at radius 1 is 1.11 bits per heavy atom. The van der Waals surface area contributed by atoms with Crippen LogP contribution in [-0.4, -0.2) is 54.7 Å². The summed E-state index contributed by atoms with van der Waals surface area (Å²) in [6.45, 7) is 3.30. The van der Waals surface area contributed by atoms with E-state index in [0.717, 1.165) is 43.0 Å². The molecule has 140 valence electrons. The van der Waals surface area contributed by atoms with Crippen molar-refractivity contribution in [3.63, 3.8) is 0 Å². The predicted octanol–water partition coefficient (Wildman–Crippen LogP) is 3.06. The Morgan fingerprint density at radius 2 is 1.78 bits per heavy atom. The molecule has 3 aromatic rings. The van der Waals surface area contributed by atoms with Crippen molar-refractivity contribution in [2.24, 2.45) is 0 Å². The number of morpholine rings is 1. The molecule has 0 bridgehead atoms. The molecular formula is C20H21ClN4O2. The average Bonchev–Trinajstić information content (AvgIpc) is 3.13. The third-order valence-electron chi connectivity index (χ3n) is 4.82. The molecule has 1 fully saturated rings. The maximum Gasteiger partial charge on any atom is 0.243 e. The number of amides is 1. The quantitative estimate of drug-likeness (QED) is 0.649. The number of fused-ring (bicyclic) bond motifs is 1. The van der Waals surface area contributed by atoms with Crippen LogP contribution in [-0.2, 0) is 9.53 Å². The van der Waals surface area contributed by atoms with Crippen LogP contribution >= 0.6 is 11.6 Å². The molecule has 2 heterocycles. The van der Waals surface area contributed by atoms with Gasteiger partial charge in [0, 0.05) is 31.5 Å². The monoisotopic (exact) mass is 384 g/mol. The summed E-state index contributed by atoms with van der Waals surface area (Å²) in [5.41, 5.74) is 3.89. The van der Waals surface area contributed by atoms with Gasteiger partial charge in [-0.05, 0) is 36.4 Å². The second-order valence-electron chi connectivity index (χ2n) is 6.44. The molecule has 0 saturated carbocycles. The maximum absolute atomic E-state index is 12.2. The van der Waals surface area contributed by atoms with Gasteiger partial charge >= 0.3 is 0 Å². The van der Waals surface area contributed by atoms with E-state index in [-0.39, 0.29) is 11.8 Å². The summed E-state index contributed by atoms with van der Waals surface area (Å²) in [5, 5.41) is 0. The molecular weight excluding hydrogens is 364 g/mol. The van der Waals surface area contributed by atoms with Crippen LogP contribution in [0.3, 0.4) is 0 Å². The van der Waals surface area contributed by atoms with Crippen LogP contribution < -0.4 is 9.80 Å². The Bertz CT molecular complexity index is 948. The molecule has 1 saturated heterocycles. The van der Waals surface area contributed by atoms with Gasteiger partial charge in [-0.2, -0.15) is 0 Å². The molecule has 0 atom stereocenters. The second-order valence-corrected chi connectivity index (χ2v) is 6.71. The third kappa shape index (κ3) is 3.38. The first kappa shape index (κ1) is 17.8. The van der Waals surface area contributed by atoms with Gasteiger partial charge in [-0.1, -0.05) is 12.1 Å². The van der Waals surface area contributed by atoms with E-state index in [9.17, 15) is 4.79 Å². The average molecular weight is 385 g/mol. The fraction of sp³-hybridized carbons (Fsp3) is 0.300. The topological polar surface area (TPSA) is 50.6 Å². The van der Waals surface area contributed by atoms with E-state index in [1.54, 1.807) is 7.05 Å². The number of imidazole rings is 1. The zero-order valence-electron chi connectivity index (χ0n) is 15.1. The van der Waals surface area contributed by atoms with E-state index in [1.165, 1.54) is 10.6 Å². The molecule has 6 nitrogen and oxygen atoms in total. The highest BCUT2D eigenvalue weighted by Gasteiger charge is 2.20. The zero-order chi connectivity index (χ0) is 18.8. The third-order valence-corrected chi connectivity index (χ3v) is 5.04. The lowest BCUT2D eigenvalue weighted by Crippen LogP contribution is -2.36. The Hall–Kier alpha value is -2.57. The number of carbonyl (C=O) groups is 1. The molecule has 0 aliphatic carbocycles. The Kier molecular flexibility index (Phi) is 5.01. The van der Waals surface area contributed by atoms with Gasteiger partial charge in [-0.15, -0.1) is 11.6 Å². The normalized spacial score (nSPS) is 14.5. The van der Waals surface area contributed by atoms with E-state index in [2.05, 4.69) is 34.1 Å². The largest absolute Gasteiger partial charge is 0.378 e. The molecule has 1 aliphatic rings. The number of anilines is 2. The van der Waals surface area contributed by atoms with Gasteiger partial charge in [0.15, 0.2) is 0 Å².